The van der Waals surface area contributed by atoms with Crippen molar-refractivity contribution in [3.8, 4) is 11.5 Å². The van der Waals surface area contributed by atoms with E-state index in [0.29, 0.717) is 19.1 Å². The van der Waals surface area contributed by atoms with Gasteiger partial charge in [0.25, 0.3) is 0 Å². The molecule has 0 saturated carbocycles. The van der Waals surface area contributed by atoms with Gasteiger partial charge in [-0.05, 0) is 56.0 Å². The van der Waals surface area contributed by atoms with Gasteiger partial charge in [-0.1, -0.05) is 6.92 Å². The Morgan fingerprint density at radius 2 is 1.81 bits per heavy atom. The number of hydrogen-bond donors (Lipinski definition) is 1. The van der Waals surface area contributed by atoms with Crippen LogP contribution in [0.1, 0.15) is 26.2 Å². The lowest BCUT2D eigenvalue weighted by molar-refractivity contribution is 0.222. The Morgan fingerprint density at radius 1 is 1.14 bits per heavy atom. The minimum Gasteiger partial charge on any atom is -0.494 e. The molecule has 4 nitrogen and oxygen atoms in total. The number of benzene rings is 1. The van der Waals surface area contributed by atoms with E-state index in [1.807, 2.05) is 24.3 Å². The first-order valence-corrected chi connectivity index (χ1v) is 8.00. The molecule has 0 spiro atoms. The van der Waals surface area contributed by atoms with E-state index < -0.39 is 0 Å². The van der Waals surface area contributed by atoms with Gasteiger partial charge in [-0.25, -0.2) is 0 Å². The first-order valence-electron chi connectivity index (χ1n) is 8.00. The van der Waals surface area contributed by atoms with Gasteiger partial charge in [0.05, 0.1) is 6.61 Å². The van der Waals surface area contributed by atoms with Gasteiger partial charge in [-0.15, -0.1) is 0 Å². The van der Waals surface area contributed by atoms with E-state index in [1.54, 1.807) is 0 Å². The summed E-state index contributed by atoms with van der Waals surface area (Å²) in [5.41, 5.74) is 0. The third-order valence-electron chi connectivity index (χ3n) is 3.88. The largest absolute Gasteiger partial charge is 0.494 e. The highest BCUT2D eigenvalue weighted by molar-refractivity contribution is 5.31. The second-order valence-electron chi connectivity index (χ2n) is 5.64. The van der Waals surface area contributed by atoms with Gasteiger partial charge >= 0.3 is 0 Å². The molecule has 1 fully saturated rings. The molecule has 1 saturated heterocycles. The summed E-state index contributed by atoms with van der Waals surface area (Å²) in [4.78, 5) is 2.42. The Hall–Kier alpha value is -1.26. The summed E-state index contributed by atoms with van der Waals surface area (Å²) in [5, 5.41) is 8.96. The van der Waals surface area contributed by atoms with Gasteiger partial charge in [0.15, 0.2) is 0 Å². The summed E-state index contributed by atoms with van der Waals surface area (Å²) < 4.78 is 11.3. The fraction of sp³-hybridized carbons (Fsp3) is 0.647. The molecule has 1 heterocycles. The molecule has 1 atom stereocenters. The SMILES string of the molecule is CCCOc1ccc(OCCN2CCC(CCO)C2)cc1. The van der Waals surface area contributed by atoms with Crippen LogP contribution in [0.15, 0.2) is 24.3 Å². The van der Waals surface area contributed by atoms with Crippen molar-refractivity contribution >= 4 is 0 Å². The topological polar surface area (TPSA) is 41.9 Å². The highest BCUT2D eigenvalue weighted by atomic mass is 16.5. The number of likely N-dealkylation sites (tertiary alicyclic amines) is 1. The van der Waals surface area contributed by atoms with Crippen molar-refractivity contribution in [2.24, 2.45) is 5.92 Å². The van der Waals surface area contributed by atoms with Crippen molar-refractivity contribution in [3.05, 3.63) is 24.3 Å². The normalized spacial score (nSPS) is 18.9. The molecule has 0 radical (unpaired) electrons. The van der Waals surface area contributed by atoms with Gasteiger partial charge in [-0.2, -0.15) is 0 Å². The monoisotopic (exact) mass is 293 g/mol. The van der Waals surface area contributed by atoms with Crippen LogP contribution in [-0.4, -0.2) is 49.5 Å². The highest BCUT2D eigenvalue weighted by Crippen LogP contribution is 2.20. The first-order chi connectivity index (χ1) is 10.3. The Balaban J connectivity index is 1.64. The van der Waals surface area contributed by atoms with Crippen LogP contribution in [-0.2, 0) is 0 Å². The van der Waals surface area contributed by atoms with Crippen molar-refractivity contribution in [2.45, 2.75) is 26.2 Å². The maximum absolute atomic E-state index is 8.96. The molecule has 118 valence electrons. The van der Waals surface area contributed by atoms with Gasteiger partial charge in [0.1, 0.15) is 18.1 Å². The Labute approximate surface area is 127 Å². The van der Waals surface area contributed by atoms with E-state index in [4.69, 9.17) is 14.6 Å². The number of rotatable bonds is 9. The molecule has 1 aromatic rings. The van der Waals surface area contributed by atoms with Crippen molar-refractivity contribution < 1.29 is 14.6 Å². The van der Waals surface area contributed by atoms with Crippen LogP contribution in [0.4, 0.5) is 0 Å². The number of hydrogen-bond acceptors (Lipinski definition) is 4. The zero-order valence-electron chi connectivity index (χ0n) is 13.0. The van der Waals surface area contributed by atoms with E-state index in [2.05, 4.69) is 11.8 Å². The van der Waals surface area contributed by atoms with Crippen molar-refractivity contribution in [1.82, 2.24) is 4.90 Å². The smallest absolute Gasteiger partial charge is 0.119 e. The average Bonchev–Trinajstić information content (AvgIpc) is 2.94. The number of aliphatic hydroxyl groups is 1. The number of ether oxygens (including phenoxy) is 2. The van der Waals surface area contributed by atoms with Crippen molar-refractivity contribution in [1.29, 1.82) is 0 Å². The summed E-state index contributed by atoms with van der Waals surface area (Å²) in [6.45, 7) is 7.04. The van der Waals surface area contributed by atoms with E-state index in [1.165, 1.54) is 6.42 Å². The first kappa shape index (κ1) is 16.1. The Bertz CT molecular complexity index is 394. The standard InChI is InChI=1S/C17H27NO3/c1-2-12-20-16-3-5-17(6-4-16)21-13-10-18-9-7-15(14-18)8-11-19/h3-6,15,19H,2,7-14H2,1H3. The molecule has 1 aliphatic rings. The molecule has 1 N–H and O–H groups in total. The maximum Gasteiger partial charge on any atom is 0.119 e. The molecular weight excluding hydrogens is 266 g/mol. The summed E-state index contributed by atoms with van der Waals surface area (Å²) >= 11 is 0. The maximum atomic E-state index is 8.96. The van der Waals surface area contributed by atoms with E-state index in [9.17, 15) is 0 Å². The Kier molecular flexibility index (Phi) is 6.83. The van der Waals surface area contributed by atoms with E-state index in [0.717, 1.165) is 50.6 Å². The number of nitrogens with zero attached hydrogens (tertiary/aromatic N) is 1. The predicted octanol–water partition coefficient (Wildman–Crippen LogP) is 2.56. The molecule has 0 bridgehead atoms. The second-order valence-corrected chi connectivity index (χ2v) is 5.64. The third-order valence-corrected chi connectivity index (χ3v) is 3.88. The average molecular weight is 293 g/mol. The minimum absolute atomic E-state index is 0.307. The zero-order valence-corrected chi connectivity index (χ0v) is 13.0. The lowest BCUT2D eigenvalue weighted by Crippen LogP contribution is -2.26. The predicted molar refractivity (Wildman–Crippen MR) is 84.0 cm³/mol. The molecule has 1 unspecified atom stereocenters. The van der Waals surface area contributed by atoms with Crippen LogP contribution >= 0.6 is 0 Å². The number of aliphatic hydroxyl groups excluding tert-OH is 1. The van der Waals surface area contributed by atoms with Crippen molar-refractivity contribution in [3.63, 3.8) is 0 Å². The lowest BCUT2D eigenvalue weighted by atomic mass is 10.1. The van der Waals surface area contributed by atoms with Crippen LogP contribution in [0.3, 0.4) is 0 Å². The zero-order chi connectivity index (χ0) is 14.9. The molecule has 0 amide bonds. The summed E-state index contributed by atoms with van der Waals surface area (Å²) in [5.74, 6) is 2.45. The van der Waals surface area contributed by atoms with E-state index in [-0.39, 0.29) is 0 Å². The van der Waals surface area contributed by atoms with Crippen molar-refractivity contribution in [2.75, 3.05) is 39.5 Å². The van der Waals surface area contributed by atoms with Gasteiger partial charge in [0, 0.05) is 19.7 Å². The fourth-order valence-electron chi connectivity index (χ4n) is 2.68. The summed E-state index contributed by atoms with van der Waals surface area (Å²) in [6, 6.07) is 7.84. The van der Waals surface area contributed by atoms with E-state index >= 15 is 0 Å². The molecule has 1 aliphatic heterocycles. The minimum atomic E-state index is 0.307. The van der Waals surface area contributed by atoms with Crippen LogP contribution in [0.25, 0.3) is 0 Å². The second kappa shape index (κ2) is 8.90. The molecular formula is C17H27NO3. The molecule has 2 rings (SSSR count). The van der Waals surface area contributed by atoms with Crippen LogP contribution in [0, 0.1) is 5.92 Å². The summed E-state index contributed by atoms with van der Waals surface area (Å²) in [7, 11) is 0. The molecule has 4 heteroatoms. The van der Waals surface area contributed by atoms with Gasteiger partial charge < -0.3 is 14.6 Å². The van der Waals surface area contributed by atoms with Crippen LogP contribution < -0.4 is 9.47 Å². The van der Waals surface area contributed by atoms with Gasteiger partial charge in [0.2, 0.25) is 0 Å². The Morgan fingerprint density at radius 3 is 2.43 bits per heavy atom. The molecule has 0 aliphatic carbocycles. The van der Waals surface area contributed by atoms with Gasteiger partial charge in [-0.3, -0.25) is 4.90 Å². The van der Waals surface area contributed by atoms with Crippen LogP contribution in [0.5, 0.6) is 11.5 Å². The fourth-order valence-corrected chi connectivity index (χ4v) is 2.68. The third kappa shape index (κ3) is 5.56. The highest BCUT2D eigenvalue weighted by Gasteiger charge is 2.21. The quantitative estimate of drug-likeness (QED) is 0.760. The molecule has 1 aromatic carbocycles. The van der Waals surface area contributed by atoms with Crippen LogP contribution in [0.2, 0.25) is 0 Å². The molecule has 0 aromatic heterocycles. The summed E-state index contributed by atoms with van der Waals surface area (Å²) in [6.07, 6.45) is 3.14. The lowest BCUT2D eigenvalue weighted by Gasteiger charge is -2.16. The molecule has 21 heavy (non-hydrogen) atoms.